The summed E-state index contributed by atoms with van der Waals surface area (Å²) in [7, 11) is 1.90. The molecule has 0 bridgehead atoms. The van der Waals surface area contributed by atoms with Gasteiger partial charge in [0.15, 0.2) is 0 Å². The van der Waals surface area contributed by atoms with Gasteiger partial charge in [0, 0.05) is 5.56 Å². The summed E-state index contributed by atoms with van der Waals surface area (Å²) in [6, 6.07) is 7.69. The molecule has 1 heterocycles. The van der Waals surface area contributed by atoms with Crippen LogP contribution in [-0.2, 0) is 6.42 Å². The van der Waals surface area contributed by atoms with Crippen LogP contribution in [-0.4, -0.2) is 48.2 Å². The molecule has 1 saturated heterocycles. The van der Waals surface area contributed by atoms with E-state index in [1.807, 2.05) is 31.3 Å². The number of rotatable bonds is 4. The molecule has 2 rings (SSSR count). The fraction of sp³-hybridized carbons (Fsp3) is 0.500. The van der Waals surface area contributed by atoms with Crippen LogP contribution in [0.25, 0.3) is 0 Å². The number of likely N-dealkylation sites (tertiary alicyclic amines) is 1. The quantitative estimate of drug-likeness (QED) is 0.823. The first kappa shape index (κ1) is 13.1. The van der Waals surface area contributed by atoms with E-state index < -0.39 is 5.60 Å². The van der Waals surface area contributed by atoms with Crippen LogP contribution in [0.3, 0.4) is 0 Å². The Morgan fingerprint density at radius 3 is 2.72 bits per heavy atom. The van der Waals surface area contributed by atoms with E-state index in [0.29, 0.717) is 13.1 Å². The number of amides is 1. The van der Waals surface area contributed by atoms with Gasteiger partial charge in [-0.05, 0) is 38.6 Å². The second-order valence-electron chi connectivity index (χ2n) is 5.17. The van der Waals surface area contributed by atoms with Crippen molar-refractivity contribution in [2.24, 2.45) is 0 Å². The lowest BCUT2D eigenvalue weighted by Crippen LogP contribution is -2.61. The van der Waals surface area contributed by atoms with E-state index >= 15 is 0 Å². The highest BCUT2D eigenvalue weighted by atomic mass is 16.3. The first-order valence-electron chi connectivity index (χ1n) is 6.28. The van der Waals surface area contributed by atoms with Gasteiger partial charge < -0.3 is 15.3 Å². The van der Waals surface area contributed by atoms with Crippen LogP contribution in [0, 0.1) is 0 Å². The molecule has 1 aromatic rings. The van der Waals surface area contributed by atoms with E-state index in [2.05, 4.69) is 5.32 Å². The Kier molecular flexibility index (Phi) is 3.68. The van der Waals surface area contributed by atoms with Gasteiger partial charge in [0.05, 0.1) is 18.7 Å². The highest BCUT2D eigenvalue weighted by Gasteiger charge is 2.39. The molecule has 98 valence electrons. The topological polar surface area (TPSA) is 52.6 Å². The molecule has 0 radical (unpaired) electrons. The van der Waals surface area contributed by atoms with Crippen LogP contribution in [0.1, 0.15) is 22.8 Å². The molecule has 0 saturated carbocycles. The van der Waals surface area contributed by atoms with Gasteiger partial charge in [-0.3, -0.25) is 4.79 Å². The van der Waals surface area contributed by atoms with Crippen molar-refractivity contribution in [1.82, 2.24) is 10.2 Å². The lowest BCUT2D eigenvalue weighted by molar-refractivity contribution is -0.0669. The van der Waals surface area contributed by atoms with Gasteiger partial charge in [-0.2, -0.15) is 0 Å². The second-order valence-corrected chi connectivity index (χ2v) is 5.17. The molecule has 1 amide bonds. The number of carbonyl (C=O) groups excluding carboxylic acids is 1. The number of nitrogens with one attached hydrogen (secondary N) is 1. The molecular formula is C14H20N2O2. The molecule has 0 atom stereocenters. The average Bonchev–Trinajstić information content (AvgIpc) is 2.33. The largest absolute Gasteiger partial charge is 0.386 e. The summed E-state index contributed by atoms with van der Waals surface area (Å²) < 4.78 is 0. The minimum atomic E-state index is -0.713. The minimum Gasteiger partial charge on any atom is -0.386 e. The predicted molar refractivity (Wildman–Crippen MR) is 70.6 cm³/mol. The van der Waals surface area contributed by atoms with Gasteiger partial charge in [0.2, 0.25) is 0 Å². The van der Waals surface area contributed by atoms with Crippen molar-refractivity contribution in [3.8, 4) is 0 Å². The molecule has 4 heteroatoms. The lowest BCUT2D eigenvalue weighted by Gasteiger charge is -2.44. The maximum Gasteiger partial charge on any atom is 0.254 e. The summed E-state index contributed by atoms with van der Waals surface area (Å²) in [5, 5.41) is 12.8. The molecule has 0 spiro atoms. The summed E-state index contributed by atoms with van der Waals surface area (Å²) in [5.41, 5.74) is 1.10. The highest BCUT2D eigenvalue weighted by Crippen LogP contribution is 2.23. The molecule has 4 nitrogen and oxygen atoms in total. The summed E-state index contributed by atoms with van der Waals surface area (Å²) >= 11 is 0. The number of carbonyl (C=O) groups is 1. The molecule has 0 aromatic heterocycles. The van der Waals surface area contributed by atoms with Crippen LogP contribution in [0.5, 0.6) is 0 Å². The first-order valence-corrected chi connectivity index (χ1v) is 6.28. The van der Waals surface area contributed by atoms with Crippen molar-refractivity contribution in [2.75, 3.05) is 26.7 Å². The SMILES string of the molecule is CNCCc1ccccc1C(=O)N1CC(C)(O)C1. The van der Waals surface area contributed by atoms with E-state index in [0.717, 1.165) is 24.1 Å². The van der Waals surface area contributed by atoms with E-state index in [-0.39, 0.29) is 5.91 Å². The van der Waals surface area contributed by atoms with E-state index in [1.165, 1.54) is 0 Å². The third-order valence-electron chi connectivity index (χ3n) is 3.24. The zero-order valence-electron chi connectivity index (χ0n) is 10.9. The molecule has 1 aromatic carbocycles. The lowest BCUT2D eigenvalue weighted by atomic mass is 9.94. The predicted octanol–water partition coefficient (Wildman–Crippen LogP) is 0.655. The third kappa shape index (κ3) is 2.71. The van der Waals surface area contributed by atoms with Crippen molar-refractivity contribution < 1.29 is 9.90 Å². The van der Waals surface area contributed by atoms with Gasteiger partial charge in [-0.15, -0.1) is 0 Å². The van der Waals surface area contributed by atoms with Gasteiger partial charge in [0.1, 0.15) is 0 Å². The Bertz CT molecular complexity index is 435. The molecule has 18 heavy (non-hydrogen) atoms. The van der Waals surface area contributed by atoms with Gasteiger partial charge in [-0.25, -0.2) is 0 Å². The van der Waals surface area contributed by atoms with Crippen LogP contribution in [0.4, 0.5) is 0 Å². The Balaban J connectivity index is 2.10. The molecule has 2 N–H and O–H groups in total. The van der Waals surface area contributed by atoms with Gasteiger partial charge in [-0.1, -0.05) is 18.2 Å². The van der Waals surface area contributed by atoms with Crippen LogP contribution < -0.4 is 5.32 Å². The van der Waals surface area contributed by atoms with Gasteiger partial charge >= 0.3 is 0 Å². The standard InChI is InChI=1S/C14H20N2O2/c1-14(18)9-16(10-14)13(17)12-6-4-3-5-11(12)7-8-15-2/h3-6,15,18H,7-10H2,1-2H3. The molecular weight excluding hydrogens is 228 g/mol. The van der Waals surface area contributed by atoms with Crippen LogP contribution >= 0.6 is 0 Å². The Morgan fingerprint density at radius 1 is 1.44 bits per heavy atom. The van der Waals surface area contributed by atoms with Crippen molar-refractivity contribution >= 4 is 5.91 Å². The fourth-order valence-electron chi connectivity index (χ4n) is 2.30. The first-order chi connectivity index (χ1) is 8.53. The van der Waals surface area contributed by atoms with Crippen LogP contribution in [0.15, 0.2) is 24.3 Å². The molecule has 1 aliphatic heterocycles. The normalized spacial score (nSPS) is 17.4. The van der Waals surface area contributed by atoms with E-state index in [9.17, 15) is 9.90 Å². The highest BCUT2D eigenvalue weighted by molar-refractivity contribution is 5.96. The number of benzene rings is 1. The van der Waals surface area contributed by atoms with Gasteiger partial charge in [0.25, 0.3) is 5.91 Å². The third-order valence-corrected chi connectivity index (χ3v) is 3.24. The maximum atomic E-state index is 12.3. The zero-order chi connectivity index (χ0) is 13.2. The summed E-state index contributed by atoms with van der Waals surface area (Å²) in [5.74, 6) is 0.0215. The summed E-state index contributed by atoms with van der Waals surface area (Å²) in [4.78, 5) is 14.0. The minimum absolute atomic E-state index is 0.0215. The van der Waals surface area contributed by atoms with Crippen LogP contribution in [0.2, 0.25) is 0 Å². The Labute approximate surface area is 108 Å². The monoisotopic (exact) mass is 248 g/mol. The molecule has 0 unspecified atom stereocenters. The number of β-amino-alcohol motifs (C(OH)–C–C–N with tert-alkyl or cyclic N) is 1. The van der Waals surface area contributed by atoms with Crippen molar-refractivity contribution in [3.05, 3.63) is 35.4 Å². The maximum absolute atomic E-state index is 12.3. The van der Waals surface area contributed by atoms with Crippen molar-refractivity contribution in [3.63, 3.8) is 0 Å². The zero-order valence-corrected chi connectivity index (χ0v) is 10.9. The molecule has 1 aliphatic rings. The second kappa shape index (κ2) is 5.08. The smallest absolute Gasteiger partial charge is 0.254 e. The number of hydrogen-bond donors (Lipinski definition) is 2. The Hall–Kier alpha value is -1.39. The van der Waals surface area contributed by atoms with Crippen molar-refractivity contribution in [2.45, 2.75) is 18.9 Å². The Morgan fingerprint density at radius 2 is 2.11 bits per heavy atom. The number of likely N-dealkylation sites (N-methyl/N-ethyl adjacent to an activating group) is 1. The fourth-order valence-corrected chi connectivity index (χ4v) is 2.30. The summed E-state index contributed by atoms with van der Waals surface area (Å²) in [6.07, 6.45) is 0.836. The summed E-state index contributed by atoms with van der Waals surface area (Å²) in [6.45, 7) is 3.45. The van der Waals surface area contributed by atoms with E-state index in [1.54, 1.807) is 11.8 Å². The molecule has 0 aliphatic carbocycles. The van der Waals surface area contributed by atoms with E-state index in [4.69, 9.17) is 0 Å². The number of aliphatic hydroxyl groups is 1. The number of hydrogen-bond acceptors (Lipinski definition) is 3. The molecule has 1 fully saturated rings. The number of nitrogens with zero attached hydrogens (tertiary/aromatic N) is 1. The van der Waals surface area contributed by atoms with Crippen molar-refractivity contribution in [1.29, 1.82) is 0 Å². The average molecular weight is 248 g/mol.